The summed E-state index contributed by atoms with van der Waals surface area (Å²) < 4.78 is 7.32. The molecule has 3 aliphatic rings. The number of rotatable bonds is 6. The van der Waals surface area contributed by atoms with Gasteiger partial charge in [0.1, 0.15) is 5.82 Å². The summed E-state index contributed by atoms with van der Waals surface area (Å²) >= 11 is 6.71. The second-order valence-corrected chi connectivity index (χ2v) is 11.5. The summed E-state index contributed by atoms with van der Waals surface area (Å²) in [5, 5.41) is 20.6. The molecule has 38 heavy (non-hydrogen) atoms. The van der Waals surface area contributed by atoms with E-state index < -0.39 is 6.10 Å². The van der Waals surface area contributed by atoms with Crippen molar-refractivity contribution in [3.63, 3.8) is 0 Å². The molecule has 2 aromatic heterocycles. The number of nitrogens with one attached hydrogen (secondary N) is 1. The van der Waals surface area contributed by atoms with Crippen LogP contribution in [0.2, 0.25) is 5.02 Å². The van der Waals surface area contributed by atoms with Gasteiger partial charge in [0.15, 0.2) is 0 Å². The summed E-state index contributed by atoms with van der Waals surface area (Å²) in [4.78, 5) is 22.3. The highest BCUT2D eigenvalue weighted by atomic mass is 35.5. The van der Waals surface area contributed by atoms with Crippen LogP contribution in [-0.4, -0.2) is 81.7 Å². The highest BCUT2D eigenvalue weighted by Crippen LogP contribution is 2.55. The molecule has 10 heteroatoms. The number of nitrogens with zero attached hydrogens (tertiary/aromatic N) is 5. The van der Waals surface area contributed by atoms with Crippen molar-refractivity contribution in [2.45, 2.75) is 37.8 Å². The molecule has 0 bridgehead atoms. The smallest absolute Gasteiger partial charge is 0.229 e. The second kappa shape index (κ2) is 9.79. The molecule has 2 aliphatic heterocycles. The van der Waals surface area contributed by atoms with Crippen LogP contribution in [-0.2, 0) is 16.6 Å². The number of pyridine rings is 1. The lowest BCUT2D eigenvalue weighted by molar-refractivity contribution is -0.117. The van der Waals surface area contributed by atoms with E-state index in [4.69, 9.17) is 16.3 Å². The van der Waals surface area contributed by atoms with Crippen LogP contribution >= 0.6 is 11.6 Å². The van der Waals surface area contributed by atoms with E-state index in [1.807, 2.05) is 31.4 Å². The number of aliphatic hydroxyl groups is 1. The lowest BCUT2D eigenvalue weighted by Gasteiger charge is -2.45. The molecule has 1 aliphatic carbocycles. The number of halogens is 1. The van der Waals surface area contributed by atoms with E-state index in [0.717, 1.165) is 54.8 Å². The van der Waals surface area contributed by atoms with Crippen LogP contribution in [0.15, 0.2) is 36.7 Å². The Bertz CT molecular complexity index is 1360. The minimum atomic E-state index is -0.470. The van der Waals surface area contributed by atoms with Crippen LogP contribution in [0.1, 0.15) is 31.9 Å². The quantitative estimate of drug-likeness (QED) is 0.497. The maximum Gasteiger partial charge on any atom is 0.229 e. The summed E-state index contributed by atoms with van der Waals surface area (Å²) in [5.41, 5.74) is 1.61. The molecule has 0 radical (unpaired) electrons. The Morgan fingerprint density at radius 2 is 2.03 bits per heavy atom. The molecule has 2 saturated heterocycles. The predicted molar refractivity (Wildman–Crippen MR) is 148 cm³/mol. The standard InChI is InChI=1S/C28H35ClN6O3/c1-4-19-25(21-5-6-33(3)32-21)26(19)27(37)31-24-13-17-12-22(20(29)11-18(17)14-30-24)34-7-9-35(10-8-34)28(2)16-38-15-23(28)36/h5-6,11-14,19,23,25-26,36H,4,7-10,15-16H2,1-3H3,(H,30,31,37). The number of aromatic nitrogens is 3. The van der Waals surface area contributed by atoms with Gasteiger partial charge in [-0.25, -0.2) is 4.98 Å². The number of hydrogen-bond donors (Lipinski definition) is 2. The monoisotopic (exact) mass is 538 g/mol. The van der Waals surface area contributed by atoms with E-state index in [1.54, 1.807) is 10.9 Å². The number of aryl methyl sites for hydroxylation is 1. The van der Waals surface area contributed by atoms with E-state index in [9.17, 15) is 9.90 Å². The molecule has 1 aromatic carbocycles. The summed E-state index contributed by atoms with van der Waals surface area (Å²) in [6.07, 6.45) is 4.16. The Hall–Kier alpha value is -2.72. The predicted octanol–water partition coefficient (Wildman–Crippen LogP) is 3.27. The highest BCUT2D eigenvalue weighted by molar-refractivity contribution is 6.34. The first-order valence-electron chi connectivity index (χ1n) is 13.4. The molecule has 1 amide bonds. The summed E-state index contributed by atoms with van der Waals surface area (Å²) in [7, 11) is 1.90. The molecule has 2 N–H and O–H groups in total. The zero-order chi connectivity index (χ0) is 26.6. The van der Waals surface area contributed by atoms with Crippen LogP contribution in [0.4, 0.5) is 11.5 Å². The van der Waals surface area contributed by atoms with Crippen molar-refractivity contribution < 1.29 is 14.6 Å². The van der Waals surface area contributed by atoms with Crippen LogP contribution in [0.25, 0.3) is 10.8 Å². The number of carbonyl (C=O) groups is 1. The van der Waals surface area contributed by atoms with E-state index >= 15 is 0 Å². The van der Waals surface area contributed by atoms with Crippen molar-refractivity contribution in [1.82, 2.24) is 19.7 Å². The lowest BCUT2D eigenvalue weighted by Crippen LogP contribution is -2.60. The maximum atomic E-state index is 13.2. The van der Waals surface area contributed by atoms with Crippen LogP contribution < -0.4 is 10.2 Å². The number of carbonyl (C=O) groups excluding carboxylic acids is 1. The number of benzene rings is 1. The van der Waals surface area contributed by atoms with Gasteiger partial charge >= 0.3 is 0 Å². The molecule has 5 unspecified atom stereocenters. The van der Waals surface area contributed by atoms with Crippen molar-refractivity contribution in [3.8, 4) is 0 Å². The lowest BCUT2D eigenvalue weighted by atomic mass is 9.95. The summed E-state index contributed by atoms with van der Waals surface area (Å²) in [6.45, 7) is 8.39. The zero-order valence-electron chi connectivity index (χ0n) is 22.1. The van der Waals surface area contributed by atoms with Gasteiger partial charge in [0.25, 0.3) is 0 Å². The third-order valence-corrected chi connectivity index (χ3v) is 9.09. The molecule has 6 rings (SSSR count). The van der Waals surface area contributed by atoms with Crippen molar-refractivity contribution in [1.29, 1.82) is 0 Å². The van der Waals surface area contributed by atoms with Crippen molar-refractivity contribution in [2.24, 2.45) is 18.9 Å². The first-order chi connectivity index (χ1) is 18.3. The number of fused-ring (bicyclic) bond motifs is 1. The normalized spacial score (nSPS) is 29.7. The molecule has 1 saturated carbocycles. The van der Waals surface area contributed by atoms with Gasteiger partial charge in [0, 0.05) is 56.9 Å². The Morgan fingerprint density at radius 3 is 2.68 bits per heavy atom. The first-order valence-corrected chi connectivity index (χ1v) is 13.8. The average Bonchev–Trinajstić information content (AvgIpc) is 3.33. The fraction of sp³-hybridized carbons (Fsp3) is 0.536. The van der Waals surface area contributed by atoms with Gasteiger partial charge in [0.2, 0.25) is 5.91 Å². The number of hydrogen-bond acceptors (Lipinski definition) is 7. The van der Waals surface area contributed by atoms with Crippen molar-refractivity contribution in [2.75, 3.05) is 49.6 Å². The van der Waals surface area contributed by atoms with Gasteiger partial charge in [-0.2, -0.15) is 5.10 Å². The molecular weight excluding hydrogens is 504 g/mol. The van der Waals surface area contributed by atoms with Gasteiger partial charge < -0.3 is 20.1 Å². The molecule has 5 atom stereocenters. The summed E-state index contributed by atoms with van der Waals surface area (Å²) in [5.74, 6) is 0.912. The topological polar surface area (TPSA) is 95.8 Å². The largest absolute Gasteiger partial charge is 0.389 e. The van der Waals surface area contributed by atoms with Crippen molar-refractivity contribution in [3.05, 3.63) is 47.4 Å². The number of piperazine rings is 1. The fourth-order valence-electron chi connectivity index (χ4n) is 6.34. The molecule has 0 spiro atoms. The minimum absolute atomic E-state index is 0.00348. The van der Waals surface area contributed by atoms with Gasteiger partial charge in [0.05, 0.1) is 47.2 Å². The van der Waals surface area contributed by atoms with Crippen LogP contribution in [0.3, 0.4) is 0 Å². The first kappa shape index (κ1) is 25.6. The van der Waals surface area contributed by atoms with Crippen LogP contribution in [0, 0.1) is 11.8 Å². The highest BCUT2D eigenvalue weighted by Gasteiger charge is 2.55. The van der Waals surface area contributed by atoms with Crippen LogP contribution in [0.5, 0.6) is 0 Å². The Labute approximate surface area is 227 Å². The molecule has 3 aromatic rings. The average molecular weight is 539 g/mol. The summed E-state index contributed by atoms with van der Waals surface area (Å²) in [6, 6.07) is 7.96. The maximum absolute atomic E-state index is 13.2. The van der Waals surface area contributed by atoms with Gasteiger partial charge in [-0.05, 0) is 42.5 Å². The van der Waals surface area contributed by atoms with Gasteiger partial charge in [-0.15, -0.1) is 0 Å². The minimum Gasteiger partial charge on any atom is -0.389 e. The molecule has 3 fully saturated rings. The van der Waals surface area contributed by atoms with Gasteiger partial charge in [-0.3, -0.25) is 14.4 Å². The fourth-order valence-corrected chi connectivity index (χ4v) is 6.63. The number of amides is 1. The molecule has 9 nitrogen and oxygen atoms in total. The Balaban J connectivity index is 1.16. The van der Waals surface area contributed by atoms with Gasteiger partial charge in [-0.1, -0.05) is 24.9 Å². The van der Waals surface area contributed by atoms with Crippen molar-refractivity contribution >= 4 is 39.8 Å². The van der Waals surface area contributed by atoms with E-state index in [1.165, 1.54) is 0 Å². The Morgan fingerprint density at radius 1 is 1.24 bits per heavy atom. The third kappa shape index (κ3) is 4.45. The number of aliphatic hydroxyl groups excluding tert-OH is 1. The number of anilines is 2. The van der Waals surface area contributed by atoms with E-state index in [2.05, 4.69) is 45.1 Å². The second-order valence-electron chi connectivity index (χ2n) is 11.1. The zero-order valence-corrected chi connectivity index (χ0v) is 22.9. The molecule has 202 valence electrons. The van der Waals surface area contributed by atoms with E-state index in [0.29, 0.717) is 30.0 Å². The van der Waals surface area contributed by atoms with E-state index in [-0.39, 0.29) is 23.3 Å². The SMILES string of the molecule is CCC1C(C(=O)Nc2cc3cc(N4CCN(C5(C)COCC5O)CC4)c(Cl)cc3cn2)C1c1ccn(C)n1. The Kier molecular flexibility index (Phi) is 6.58. The molecule has 4 heterocycles. The molecular formula is C28H35ClN6O3. The third-order valence-electron chi connectivity index (χ3n) is 8.79. The number of ether oxygens (including phenoxy) is 1.